The molecule has 1 N–H and O–H groups in total. The summed E-state index contributed by atoms with van der Waals surface area (Å²) in [5.74, 6) is 0.738. The summed E-state index contributed by atoms with van der Waals surface area (Å²) in [6, 6.07) is 1.58. The van der Waals surface area contributed by atoms with Gasteiger partial charge in [0, 0.05) is 65.0 Å². The fraction of sp³-hybridized carbons (Fsp3) is 0.778. The Kier molecular flexibility index (Phi) is 10.8. The smallest absolute Gasteiger partial charge is 0.220 e. The summed E-state index contributed by atoms with van der Waals surface area (Å²) in [6.07, 6.45) is 2.39. The van der Waals surface area contributed by atoms with Gasteiger partial charge in [0.2, 0.25) is 10.0 Å². The lowest BCUT2D eigenvalue weighted by Crippen LogP contribution is -2.54. The van der Waals surface area contributed by atoms with Gasteiger partial charge < -0.3 is 19.5 Å². The van der Waals surface area contributed by atoms with Crippen LogP contribution in [0, 0.1) is 0 Å². The van der Waals surface area contributed by atoms with E-state index in [-0.39, 0.29) is 29.7 Å². The Bertz CT molecular complexity index is 732. The first kappa shape index (κ1) is 25.3. The molecule has 0 unspecified atom stereocenters. The van der Waals surface area contributed by atoms with Crippen LogP contribution < -0.4 is 5.32 Å². The SMILES string of the molecule is CCNC(=NCCCN1CCOCC1)N1CCN(S(=O)(=O)Cc2ccon2)CC1.I. The Hall–Kier alpha value is -0.960. The largest absolute Gasteiger partial charge is 0.379 e. The van der Waals surface area contributed by atoms with Crippen molar-refractivity contribution in [1.82, 2.24) is 24.6 Å². The van der Waals surface area contributed by atoms with Crippen LogP contribution in [0.5, 0.6) is 0 Å². The lowest BCUT2D eigenvalue weighted by Gasteiger charge is -2.35. The van der Waals surface area contributed by atoms with Gasteiger partial charge in [-0.25, -0.2) is 8.42 Å². The van der Waals surface area contributed by atoms with E-state index in [0.29, 0.717) is 31.9 Å². The summed E-state index contributed by atoms with van der Waals surface area (Å²) in [7, 11) is -3.39. The molecule has 10 nitrogen and oxygen atoms in total. The van der Waals surface area contributed by atoms with E-state index in [1.165, 1.54) is 10.6 Å². The second kappa shape index (κ2) is 12.8. The molecule has 1 aromatic rings. The zero-order valence-electron chi connectivity index (χ0n) is 17.5. The van der Waals surface area contributed by atoms with E-state index in [2.05, 4.69) is 20.3 Å². The summed E-state index contributed by atoms with van der Waals surface area (Å²) in [4.78, 5) is 9.30. The van der Waals surface area contributed by atoms with Crippen molar-refractivity contribution in [2.45, 2.75) is 19.1 Å². The normalized spacial score (nSPS) is 19.5. The summed E-state index contributed by atoms with van der Waals surface area (Å²) < 4.78 is 36.8. The Morgan fingerprint density at radius 2 is 1.93 bits per heavy atom. The number of guanidine groups is 1. The number of hydrogen-bond acceptors (Lipinski definition) is 7. The minimum atomic E-state index is -3.39. The van der Waals surface area contributed by atoms with Crippen molar-refractivity contribution in [3.05, 3.63) is 18.0 Å². The number of rotatable bonds is 8. The Balaban J connectivity index is 0.00000320. The Morgan fingerprint density at radius 3 is 2.57 bits per heavy atom. The quantitative estimate of drug-likeness (QED) is 0.213. The van der Waals surface area contributed by atoms with E-state index < -0.39 is 10.0 Å². The summed E-state index contributed by atoms with van der Waals surface area (Å²) in [5, 5.41) is 7.04. The van der Waals surface area contributed by atoms with Crippen LogP contribution in [-0.2, 0) is 20.5 Å². The number of piperazine rings is 1. The number of aromatic nitrogens is 1. The Labute approximate surface area is 196 Å². The van der Waals surface area contributed by atoms with Gasteiger partial charge in [-0.15, -0.1) is 24.0 Å². The highest BCUT2D eigenvalue weighted by atomic mass is 127. The highest BCUT2D eigenvalue weighted by Gasteiger charge is 2.29. The highest BCUT2D eigenvalue weighted by molar-refractivity contribution is 14.0. The van der Waals surface area contributed by atoms with Gasteiger partial charge in [0.15, 0.2) is 5.96 Å². The van der Waals surface area contributed by atoms with Crippen molar-refractivity contribution in [2.24, 2.45) is 4.99 Å². The van der Waals surface area contributed by atoms with Gasteiger partial charge in [-0.2, -0.15) is 4.31 Å². The molecule has 0 saturated carbocycles. The van der Waals surface area contributed by atoms with Crippen molar-refractivity contribution in [3.63, 3.8) is 0 Å². The van der Waals surface area contributed by atoms with Gasteiger partial charge in [-0.1, -0.05) is 5.16 Å². The van der Waals surface area contributed by atoms with E-state index in [1.54, 1.807) is 6.07 Å². The molecule has 0 bridgehead atoms. The molecule has 2 aliphatic heterocycles. The average molecular weight is 556 g/mol. The summed E-state index contributed by atoms with van der Waals surface area (Å²) >= 11 is 0. The van der Waals surface area contributed by atoms with Crippen molar-refractivity contribution in [3.8, 4) is 0 Å². The van der Waals surface area contributed by atoms with Crippen molar-refractivity contribution < 1.29 is 17.7 Å². The second-order valence-electron chi connectivity index (χ2n) is 7.18. The monoisotopic (exact) mass is 556 g/mol. The van der Waals surface area contributed by atoms with Crippen molar-refractivity contribution in [2.75, 3.05) is 72.1 Å². The van der Waals surface area contributed by atoms with E-state index in [0.717, 1.165) is 58.3 Å². The molecule has 2 saturated heterocycles. The minimum Gasteiger partial charge on any atom is -0.379 e. The average Bonchev–Trinajstić information content (AvgIpc) is 3.23. The molecule has 3 rings (SSSR count). The van der Waals surface area contributed by atoms with E-state index >= 15 is 0 Å². The molecule has 0 atom stereocenters. The molecule has 2 aliphatic rings. The van der Waals surface area contributed by atoms with Crippen LogP contribution in [0.4, 0.5) is 0 Å². The molecule has 172 valence electrons. The second-order valence-corrected chi connectivity index (χ2v) is 9.15. The van der Waals surface area contributed by atoms with Crippen LogP contribution in [0.3, 0.4) is 0 Å². The molecule has 3 heterocycles. The molecule has 1 aromatic heterocycles. The van der Waals surface area contributed by atoms with Crippen LogP contribution >= 0.6 is 24.0 Å². The van der Waals surface area contributed by atoms with E-state index in [1.807, 2.05) is 6.92 Å². The predicted molar refractivity (Wildman–Crippen MR) is 126 cm³/mol. The number of morpholine rings is 1. The lowest BCUT2D eigenvalue weighted by molar-refractivity contribution is 0.0377. The highest BCUT2D eigenvalue weighted by Crippen LogP contribution is 2.13. The zero-order valence-corrected chi connectivity index (χ0v) is 20.7. The van der Waals surface area contributed by atoms with Crippen LogP contribution in [0.25, 0.3) is 0 Å². The van der Waals surface area contributed by atoms with Crippen LogP contribution in [0.2, 0.25) is 0 Å². The third-order valence-corrected chi connectivity index (χ3v) is 6.90. The fourth-order valence-electron chi connectivity index (χ4n) is 3.50. The maximum absolute atomic E-state index is 12.6. The molecular weight excluding hydrogens is 523 g/mol. The number of nitrogens with one attached hydrogen (secondary N) is 1. The number of ether oxygens (including phenoxy) is 1. The maximum Gasteiger partial charge on any atom is 0.220 e. The molecule has 12 heteroatoms. The molecule has 0 aliphatic carbocycles. The first-order valence-corrected chi connectivity index (χ1v) is 11.9. The molecule has 0 aromatic carbocycles. The first-order chi connectivity index (χ1) is 14.1. The molecule has 0 radical (unpaired) electrons. The standard InChI is InChI=1S/C18H32N6O4S.HI/c1-2-19-18(20-5-3-6-22-11-14-27-15-12-22)23-7-9-24(10-8-23)29(25,26)16-17-4-13-28-21-17;/h4,13H,2-3,5-12,14-16H2,1H3,(H,19,20);1H. The maximum atomic E-state index is 12.6. The van der Waals surface area contributed by atoms with Gasteiger partial charge >= 0.3 is 0 Å². The predicted octanol–water partition coefficient (Wildman–Crippen LogP) is 0.428. The first-order valence-electron chi connectivity index (χ1n) is 10.3. The third-order valence-electron chi connectivity index (χ3n) is 5.09. The van der Waals surface area contributed by atoms with Gasteiger partial charge in [-0.05, 0) is 13.3 Å². The Morgan fingerprint density at radius 1 is 1.20 bits per heavy atom. The fourth-order valence-corrected chi connectivity index (χ4v) is 4.92. The van der Waals surface area contributed by atoms with Crippen LogP contribution in [0.1, 0.15) is 19.0 Å². The third kappa shape index (κ3) is 7.62. The number of halogens is 1. The minimum absolute atomic E-state index is 0. The zero-order chi connectivity index (χ0) is 20.5. The summed E-state index contributed by atoms with van der Waals surface area (Å²) in [6.45, 7) is 10.4. The molecule has 0 spiro atoms. The van der Waals surface area contributed by atoms with Crippen molar-refractivity contribution in [1.29, 1.82) is 0 Å². The van der Waals surface area contributed by atoms with Gasteiger partial charge in [-0.3, -0.25) is 9.89 Å². The molecular formula is C18H33IN6O4S. The number of hydrogen-bond donors (Lipinski definition) is 1. The summed E-state index contributed by atoms with van der Waals surface area (Å²) in [5.41, 5.74) is 0.433. The van der Waals surface area contributed by atoms with Crippen molar-refractivity contribution >= 4 is 40.0 Å². The van der Waals surface area contributed by atoms with Gasteiger partial charge in [0.05, 0.1) is 18.9 Å². The molecule has 30 heavy (non-hydrogen) atoms. The lowest BCUT2D eigenvalue weighted by atomic mass is 10.3. The molecule has 0 amide bonds. The molecule has 2 fully saturated rings. The van der Waals surface area contributed by atoms with Gasteiger partial charge in [0.1, 0.15) is 12.0 Å². The number of sulfonamides is 1. The van der Waals surface area contributed by atoms with E-state index in [9.17, 15) is 8.42 Å². The number of nitrogens with zero attached hydrogens (tertiary/aromatic N) is 5. The van der Waals surface area contributed by atoms with E-state index in [4.69, 9.17) is 14.3 Å². The van der Waals surface area contributed by atoms with Crippen LogP contribution in [0.15, 0.2) is 21.8 Å². The number of aliphatic imine (C=N–C) groups is 1. The van der Waals surface area contributed by atoms with Crippen LogP contribution in [-0.4, -0.2) is 106 Å². The van der Waals surface area contributed by atoms with Gasteiger partial charge in [0.25, 0.3) is 0 Å². The topological polar surface area (TPSA) is 104 Å².